The Morgan fingerprint density at radius 2 is 2.50 bits per heavy atom. The molecule has 42 valence electrons. The molecule has 0 saturated carbocycles. The molecule has 0 aliphatic heterocycles. The van der Waals surface area contributed by atoms with E-state index in [1.54, 1.807) is 12.3 Å². The summed E-state index contributed by atoms with van der Waals surface area (Å²) >= 11 is 6.04. The Morgan fingerprint density at radius 3 is 2.88 bits per heavy atom. The first kappa shape index (κ1) is 5.65. The lowest BCUT2D eigenvalue weighted by atomic mass is 10.7. The number of anilines is 1. The van der Waals surface area contributed by atoms with Gasteiger partial charge in [0.05, 0.1) is 5.00 Å². The van der Waals surface area contributed by atoms with E-state index in [1.165, 1.54) is 11.3 Å². The van der Waals surface area contributed by atoms with Crippen molar-refractivity contribution in [1.29, 1.82) is 0 Å². The van der Waals surface area contributed by atoms with Crippen LogP contribution < -0.4 is 5.73 Å². The Balaban J connectivity index is 3.28. The molecule has 1 heterocycles. The van der Waals surface area contributed by atoms with Crippen molar-refractivity contribution in [1.82, 2.24) is 4.98 Å². The van der Waals surface area contributed by atoms with Gasteiger partial charge in [-0.2, -0.15) is 0 Å². The SMILES string of the molecule is Nc1ccnc(=S)s1. The highest BCUT2D eigenvalue weighted by Gasteiger charge is 1.80. The summed E-state index contributed by atoms with van der Waals surface area (Å²) in [5.74, 6) is 0. The van der Waals surface area contributed by atoms with Crippen LogP contribution in [-0.2, 0) is 0 Å². The molecule has 1 rings (SSSR count). The first-order valence-electron chi connectivity index (χ1n) is 2.00. The van der Waals surface area contributed by atoms with Gasteiger partial charge in [0.15, 0.2) is 3.95 Å². The number of nitrogens with two attached hydrogens (primary N) is 1. The highest BCUT2D eigenvalue weighted by atomic mass is 32.1. The molecular formula is C4H4N2S2. The molecule has 0 saturated heterocycles. The molecule has 0 aliphatic rings. The van der Waals surface area contributed by atoms with Gasteiger partial charge in [-0.15, -0.1) is 0 Å². The molecule has 0 fully saturated rings. The van der Waals surface area contributed by atoms with Crippen molar-refractivity contribution in [2.75, 3.05) is 5.73 Å². The van der Waals surface area contributed by atoms with Crippen LogP contribution >= 0.6 is 23.6 Å². The van der Waals surface area contributed by atoms with Gasteiger partial charge in [-0.25, -0.2) is 4.98 Å². The summed E-state index contributed by atoms with van der Waals surface area (Å²) in [6, 6.07) is 1.72. The second-order valence-corrected chi connectivity index (χ2v) is 2.92. The quantitative estimate of drug-likeness (QED) is 0.560. The van der Waals surface area contributed by atoms with Crippen LogP contribution in [-0.4, -0.2) is 4.98 Å². The molecule has 4 heteroatoms. The van der Waals surface area contributed by atoms with Crippen LogP contribution in [0.1, 0.15) is 0 Å². The monoisotopic (exact) mass is 144 g/mol. The third-order valence-corrected chi connectivity index (χ3v) is 1.63. The summed E-state index contributed by atoms with van der Waals surface area (Å²) < 4.78 is 0.588. The first-order valence-corrected chi connectivity index (χ1v) is 3.23. The summed E-state index contributed by atoms with van der Waals surface area (Å²) in [5, 5.41) is 0.713. The standard InChI is InChI=1S/C4H4N2S2/c5-3-1-2-6-4(7)8-3/h1-2H,5H2. The second-order valence-electron chi connectivity index (χ2n) is 1.22. The molecule has 2 N–H and O–H groups in total. The number of rotatable bonds is 0. The zero-order chi connectivity index (χ0) is 5.98. The van der Waals surface area contributed by atoms with Gasteiger partial charge >= 0.3 is 0 Å². The Kier molecular flexibility index (Phi) is 1.55. The van der Waals surface area contributed by atoms with Gasteiger partial charge in [-0.3, -0.25) is 0 Å². The molecule has 1 aromatic heterocycles. The fourth-order valence-corrected chi connectivity index (χ4v) is 1.13. The topological polar surface area (TPSA) is 38.9 Å². The number of nitrogens with zero attached hydrogens (tertiary/aromatic N) is 1. The summed E-state index contributed by atoms with van der Waals surface area (Å²) in [5.41, 5.74) is 5.37. The van der Waals surface area contributed by atoms with E-state index in [1.807, 2.05) is 0 Å². The van der Waals surface area contributed by atoms with Crippen molar-refractivity contribution < 1.29 is 0 Å². The maximum atomic E-state index is 5.37. The second kappa shape index (κ2) is 2.19. The molecule has 0 bridgehead atoms. The largest absolute Gasteiger partial charge is 0.390 e. The third-order valence-electron chi connectivity index (χ3n) is 0.624. The van der Waals surface area contributed by atoms with Crippen LogP contribution in [0.3, 0.4) is 0 Å². The minimum Gasteiger partial charge on any atom is -0.390 e. The minimum atomic E-state index is 0.588. The Bertz CT molecular complexity index is 229. The fraction of sp³-hybridized carbons (Fsp3) is 0. The van der Waals surface area contributed by atoms with E-state index < -0.39 is 0 Å². The van der Waals surface area contributed by atoms with Gasteiger partial charge in [-0.1, -0.05) is 11.3 Å². The number of hydrogen-bond donors (Lipinski definition) is 1. The zero-order valence-corrected chi connectivity index (χ0v) is 5.63. The van der Waals surface area contributed by atoms with Gasteiger partial charge in [0, 0.05) is 6.20 Å². The van der Waals surface area contributed by atoms with E-state index in [2.05, 4.69) is 4.98 Å². The molecule has 0 aliphatic carbocycles. The molecule has 8 heavy (non-hydrogen) atoms. The van der Waals surface area contributed by atoms with Crippen molar-refractivity contribution in [2.24, 2.45) is 0 Å². The zero-order valence-electron chi connectivity index (χ0n) is 4.00. The molecular weight excluding hydrogens is 140 g/mol. The third kappa shape index (κ3) is 1.24. The normalized spacial score (nSPS) is 9.00. The van der Waals surface area contributed by atoms with E-state index >= 15 is 0 Å². The maximum absolute atomic E-state index is 5.37. The summed E-state index contributed by atoms with van der Waals surface area (Å²) in [4.78, 5) is 3.79. The molecule has 0 atom stereocenters. The van der Waals surface area contributed by atoms with Crippen LogP contribution in [0.2, 0.25) is 0 Å². The van der Waals surface area contributed by atoms with Crippen molar-refractivity contribution in [3.05, 3.63) is 16.2 Å². The number of hydrogen-bond acceptors (Lipinski definition) is 4. The Hall–Kier alpha value is -0.480. The number of aromatic nitrogens is 1. The van der Waals surface area contributed by atoms with Gasteiger partial charge in [0.1, 0.15) is 0 Å². The molecule has 0 amide bonds. The van der Waals surface area contributed by atoms with Gasteiger partial charge in [-0.05, 0) is 18.3 Å². The van der Waals surface area contributed by atoms with Crippen LogP contribution in [0.4, 0.5) is 5.00 Å². The highest BCUT2D eigenvalue weighted by molar-refractivity contribution is 7.73. The van der Waals surface area contributed by atoms with Crippen molar-refractivity contribution in [3.8, 4) is 0 Å². The Labute approximate surface area is 56.0 Å². The van der Waals surface area contributed by atoms with E-state index in [4.69, 9.17) is 18.0 Å². The van der Waals surface area contributed by atoms with E-state index in [9.17, 15) is 0 Å². The van der Waals surface area contributed by atoms with Crippen molar-refractivity contribution in [3.63, 3.8) is 0 Å². The van der Waals surface area contributed by atoms with Gasteiger partial charge < -0.3 is 5.73 Å². The lowest BCUT2D eigenvalue weighted by Crippen LogP contribution is -1.79. The average Bonchev–Trinajstić information content (AvgIpc) is 1.64. The lowest BCUT2D eigenvalue weighted by molar-refractivity contribution is 1.37. The molecule has 1 aromatic rings. The van der Waals surface area contributed by atoms with Crippen LogP contribution in [0.25, 0.3) is 0 Å². The molecule has 0 spiro atoms. The highest BCUT2D eigenvalue weighted by Crippen LogP contribution is 2.06. The summed E-state index contributed by atoms with van der Waals surface area (Å²) in [6.07, 6.45) is 1.61. The van der Waals surface area contributed by atoms with Gasteiger partial charge in [0.25, 0.3) is 0 Å². The van der Waals surface area contributed by atoms with Gasteiger partial charge in [0.2, 0.25) is 0 Å². The van der Waals surface area contributed by atoms with Crippen molar-refractivity contribution in [2.45, 2.75) is 0 Å². The minimum absolute atomic E-state index is 0.588. The summed E-state index contributed by atoms with van der Waals surface area (Å²) in [6.45, 7) is 0. The Morgan fingerprint density at radius 1 is 1.75 bits per heavy atom. The summed E-state index contributed by atoms with van der Waals surface area (Å²) in [7, 11) is 0. The predicted molar refractivity (Wildman–Crippen MR) is 37.4 cm³/mol. The van der Waals surface area contributed by atoms with Crippen LogP contribution in [0.15, 0.2) is 12.3 Å². The molecule has 0 aromatic carbocycles. The lowest BCUT2D eigenvalue weighted by Gasteiger charge is -1.83. The smallest absolute Gasteiger partial charge is 0.182 e. The van der Waals surface area contributed by atoms with E-state index in [-0.39, 0.29) is 0 Å². The molecule has 0 unspecified atom stereocenters. The maximum Gasteiger partial charge on any atom is 0.182 e. The van der Waals surface area contributed by atoms with Crippen LogP contribution in [0.5, 0.6) is 0 Å². The van der Waals surface area contributed by atoms with E-state index in [0.29, 0.717) is 8.96 Å². The number of nitrogen functional groups attached to an aromatic ring is 1. The van der Waals surface area contributed by atoms with Crippen molar-refractivity contribution >= 4 is 28.6 Å². The predicted octanol–water partition coefficient (Wildman–Crippen LogP) is 1.45. The first-order chi connectivity index (χ1) is 3.79. The average molecular weight is 144 g/mol. The molecule has 0 radical (unpaired) electrons. The fourth-order valence-electron chi connectivity index (χ4n) is 0.333. The van der Waals surface area contributed by atoms with Crippen LogP contribution in [0, 0.1) is 3.95 Å². The molecule has 2 nitrogen and oxygen atoms in total. The van der Waals surface area contributed by atoms with E-state index in [0.717, 1.165) is 0 Å².